The average Bonchev–Trinajstić information content (AvgIpc) is 2.77. The van der Waals surface area contributed by atoms with E-state index in [1.165, 1.54) is 13.4 Å². The van der Waals surface area contributed by atoms with Gasteiger partial charge < -0.3 is 18.6 Å². The number of esters is 1. The zero-order valence-corrected chi connectivity index (χ0v) is 9.56. The summed E-state index contributed by atoms with van der Waals surface area (Å²) in [6.07, 6.45) is 1.27. The predicted molar refractivity (Wildman–Crippen MR) is 54.1 cm³/mol. The number of ether oxygens (including phenoxy) is 3. The largest absolute Gasteiger partial charge is 0.464 e. The lowest BCUT2D eigenvalue weighted by Gasteiger charge is -2.06. The Morgan fingerprint density at radius 1 is 1.56 bits per heavy atom. The first-order chi connectivity index (χ1) is 7.69. The molecule has 0 amide bonds. The summed E-state index contributed by atoms with van der Waals surface area (Å²) in [6, 6.07) is 0. The van der Waals surface area contributed by atoms with Crippen LogP contribution >= 0.6 is 0 Å². The molecule has 1 rings (SSSR count). The van der Waals surface area contributed by atoms with E-state index < -0.39 is 5.97 Å². The van der Waals surface area contributed by atoms with Crippen molar-refractivity contribution >= 4 is 5.97 Å². The summed E-state index contributed by atoms with van der Waals surface area (Å²) in [7, 11) is 2.84. The zero-order chi connectivity index (χ0) is 12.0. The Balaban J connectivity index is 2.52. The number of hydrogen-bond donors (Lipinski definition) is 0. The fraction of sp³-hybridized carbons (Fsp3) is 0.600. The van der Waals surface area contributed by atoms with E-state index in [1.54, 1.807) is 7.11 Å². The van der Waals surface area contributed by atoms with Crippen molar-refractivity contribution in [1.82, 2.24) is 4.98 Å². The summed E-state index contributed by atoms with van der Waals surface area (Å²) in [5.41, 5.74) is 0.163. The van der Waals surface area contributed by atoms with E-state index in [1.807, 2.05) is 6.92 Å². The Bertz CT molecular complexity index is 336. The molecule has 0 bridgehead atoms. The number of aromatic nitrogens is 1. The molecule has 0 aliphatic carbocycles. The average molecular weight is 229 g/mol. The van der Waals surface area contributed by atoms with Gasteiger partial charge in [-0.3, -0.25) is 0 Å². The van der Waals surface area contributed by atoms with Gasteiger partial charge in [-0.05, 0) is 0 Å². The molecule has 90 valence electrons. The number of carbonyl (C=O) groups excluding carboxylic acids is 1. The number of oxazole rings is 1. The van der Waals surface area contributed by atoms with Gasteiger partial charge in [0, 0.05) is 7.11 Å². The van der Waals surface area contributed by atoms with Gasteiger partial charge in [0.15, 0.2) is 11.6 Å². The molecule has 1 aromatic rings. The van der Waals surface area contributed by atoms with Crippen LogP contribution in [0, 0.1) is 0 Å². The fourth-order valence-electron chi connectivity index (χ4n) is 1.09. The van der Waals surface area contributed by atoms with Crippen molar-refractivity contribution in [3.8, 4) is 0 Å². The van der Waals surface area contributed by atoms with Gasteiger partial charge in [0.1, 0.15) is 13.1 Å². The molecular formula is C10H15NO5. The van der Waals surface area contributed by atoms with Gasteiger partial charge in [0.05, 0.1) is 19.6 Å². The third-order valence-corrected chi connectivity index (χ3v) is 1.91. The van der Waals surface area contributed by atoms with Crippen LogP contribution in [0.5, 0.6) is 0 Å². The minimum Gasteiger partial charge on any atom is -0.464 e. The quantitative estimate of drug-likeness (QED) is 0.414. The predicted octanol–water partition coefficient (Wildman–Crippen LogP) is 1.19. The highest BCUT2D eigenvalue weighted by Crippen LogP contribution is 2.15. The van der Waals surface area contributed by atoms with E-state index >= 15 is 0 Å². The summed E-state index contributed by atoms with van der Waals surface area (Å²) in [5.74, 6) is -0.120. The van der Waals surface area contributed by atoms with E-state index in [-0.39, 0.29) is 18.4 Å². The third kappa shape index (κ3) is 3.32. The summed E-state index contributed by atoms with van der Waals surface area (Å²) in [5, 5.41) is 0. The lowest BCUT2D eigenvalue weighted by atomic mass is 10.2. The van der Waals surface area contributed by atoms with Gasteiger partial charge in [-0.1, -0.05) is 6.92 Å². The van der Waals surface area contributed by atoms with Crippen LogP contribution in [0.2, 0.25) is 0 Å². The van der Waals surface area contributed by atoms with Gasteiger partial charge >= 0.3 is 5.97 Å². The maximum absolute atomic E-state index is 11.1. The van der Waals surface area contributed by atoms with Crippen LogP contribution in [0.15, 0.2) is 10.7 Å². The normalized spacial score (nSPS) is 12.4. The second-order valence-electron chi connectivity index (χ2n) is 3.24. The maximum atomic E-state index is 11.1. The molecule has 0 aliphatic heterocycles. The minimum atomic E-state index is -0.514. The molecule has 0 aromatic carbocycles. The molecule has 1 aromatic heterocycles. The van der Waals surface area contributed by atoms with Crippen LogP contribution in [0.3, 0.4) is 0 Å². The lowest BCUT2D eigenvalue weighted by molar-refractivity contribution is -0.0360. The molecule has 0 radical (unpaired) electrons. The van der Waals surface area contributed by atoms with Crippen LogP contribution in [-0.4, -0.2) is 38.6 Å². The van der Waals surface area contributed by atoms with Gasteiger partial charge in [-0.25, -0.2) is 9.78 Å². The standard InChI is InChI=1S/C10H15NO5/c1-7(4-15-6-13-2)9-11-8(5-16-9)10(12)14-3/h5,7H,4,6H2,1-3H3/t7-/m1/s1. The summed E-state index contributed by atoms with van der Waals surface area (Å²) < 4.78 is 19.6. The van der Waals surface area contributed by atoms with Crippen LogP contribution in [-0.2, 0) is 14.2 Å². The van der Waals surface area contributed by atoms with E-state index in [0.29, 0.717) is 12.5 Å². The van der Waals surface area contributed by atoms with Gasteiger partial charge in [-0.2, -0.15) is 0 Å². The Labute approximate surface area is 93.5 Å². The first-order valence-electron chi connectivity index (χ1n) is 4.79. The molecule has 1 atom stereocenters. The highest BCUT2D eigenvalue weighted by atomic mass is 16.7. The number of carbonyl (C=O) groups is 1. The Morgan fingerprint density at radius 3 is 2.94 bits per heavy atom. The van der Waals surface area contributed by atoms with E-state index in [0.717, 1.165) is 0 Å². The molecule has 0 saturated carbocycles. The fourth-order valence-corrected chi connectivity index (χ4v) is 1.09. The molecule has 0 aliphatic rings. The highest BCUT2D eigenvalue weighted by Gasteiger charge is 2.16. The van der Waals surface area contributed by atoms with Crippen molar-refractivity contribution < 1.29 is 23.4 Å². The van der Waals surface area contributed by atoms with Crippen LogP contribution < -0.4 is 0 Å². The molecule has 0 unspecified atom stereocenters. The van der Waals surface area contributed by atoms with Crippen LogP contribution in [0.4, 0.5) is 0 Å². The SMILES string of the molecule is COCOC[C@@H](C)c1nc(C(=O)OC)co1. The summed E-state index contributed by atoms with van der Waals surface area (Å²) >= 11 is 0. The monoisotopic (exact) mass is 229 g/mol. The second kappa shape index (κ2) is 6.24. The molecule has 6 heteroatoms. The lowest BCUT2D eigenvalue weighted by Crippen LogP contribution is -2.08. The van der Waals surface area contributed by atoms with Crippen molar-refractivity contribution in [2.75, 3.05) is 27.6 Å². The van der Waals surface area contributed by atoms with E-state index in [2.05, 4.69) is 9.72 Å². The van der Waals surface area contributed by atoms with E-state index in [4.69, 9.17) is 13.9 Å². The summed E-state index contributed by atoms with van der Waals surface area (Å²) in [4.78, 5) is 15.1. The number of rotatable bonds is 6. The first-order valence-corrected chi connectivity index (χ1v) is 4.79. The molecular weight excluding hydrogens is 214 g/mol. The van der Waals surface area contributed by atoms with Crippen molar-refractivity contribution in [2.45, 2.75) is 12.8 Å². The first kappa shape index (κ1) is 12.7. The Kier molecular flexibility index (Phi) is 4.94. The van der Waals surface area contributed by atoms with Crippen molar-refractivity contribution in [3.05, 3.63) is 17.8 Å². The van der Waals surface area contributed by atoms with Gasteiger partial charge in [0.25, 0.3) is 0 Å². The van der Waals surface area contributed by atoms with Crippen LogP contribution in [0.1, 0.15) is 29.2 Å². The molecule has 16 heavy (non-hydrogen) atoms. The molecule has 0 N–H and O–H groups in total. The maximum Gasteiger partial charge on any atom is 0.360 e. The molecule has 0 saturated heterocycles. The van der Waals surface area contributed by atoms with Crippen molar-refractivity contribution in [2.24, 2.45) is 0 Å². The van der Waals surface area contributed by atoms with Gasteiger partial charge in [-0.15, -0.1) is 0 Å². The Hall–Kier alpha value is -1.40. The van der Waals surface area contributed by atoms with Crippen LogP contribution in [0.25, 0.3) is 0 Å². The van der Waals surface area contributed by atoms with Gasteiger partial charge in [0.2, 0.25) is 0 Å². The highest BCUT2D eigenvalue weighted by molar-refractivity contribution is 5.86. The van der Waals surface area contributed by atoms with Crippen molar-refractivity contribution in [3.63, 3.8) is 0 Å². The number of methoxy groups -OCH3 is 2. The number of nitrogens with zero attached hydrogens (tertiary/aromatic N) is 1. The molecule has 0 spiro atoms. The molecule has 6 nitrogen and oxygen atoms in total. The number of hydrogen-bond acceptors (Lipinski definition) is 6. The molecule has 0 fully saturated rings. The summed E-state index contributed by atoms with van der Waals surface area (Å²) in [6.45, 7) is 2.51. The minimum absolute atomic E-state index is 0.0476. The molecule has 1 heterocycles. The van der Waals surface area contributed by atoms with E-state index in [9.17, 15) is 4.79 Å². The topological polar surface area (TPSA) is 70.8 Å². The second-order valence-corrected chi connectivity index (χ2v) is 3.24. The third-order valence-electron chi connectivity index (χ3n) is 1.91. The zero-order valence-electron chi connectivity index (χ0n) is 9.56. The van der Waals surface area contributed by atoms with Crippen molar-refractivity contribution in [1.29, 1.82) is 0 Å². The Morgan fingerprint density at radius 2 is 2.31 bits per heavy atom. The smallest absolute Gasteiger partial charge is 0.360 e.